The quantitative estimate of drug-likeness (QED) is 0.637. The summed E-state index contributed by atoms with van der Waals surface area (Å²) in [7, 11) is 0. The first-order valence-corrected chi connectivity index (χ1v) is 5.74. The van der Waals surface area contributed by atoms with Crippen LogP contribution in [0.25, 0.3) is 0 Å². The Bertz CT molecular complexity index is 536. The fourth-order valence-corrected chi connectivity index (χ4v) is 2.52. The Hall–Kier alpha value is -2.31. The molecule has 0 amide bonds. The van der Waals surface area contributed by atoms with Crippen LogP contribution in [0.1, 0.15) is 18.5 Å². The molecule has 2 aromatic rings. The maximum Gasteiger partial charge on any atom is 0.317 e. The predicted molar refractivity (Wildman–Crippen MR) is 63.1 cm³/mol. The summed E-state index contributed by atoms with van der Waals surface area (Å²) in [5.41, 5.74) is -0.176. The van der Waals surface area contributed by atoms with Crippen LogP contribution in [0.15, 0.2) is 24.5 Å². The van der Waals surface area contributed by atoms with Crippen molar-refractivity contribution >= 4 is 11.8 Å². The van der Waals surface area contributed by atoms with Crippen molar-refractivity contribution in [3.05, 3.63) is 30.2 Å². The van der Waals surface area contributed by atoms with Crippen LogP contribution in [0, 0.1) is 0 Å². The Kier molecular flexibility index (Phi) is 2.32. The molecule has 0 spiro atoms. The van der Waals surface area contributed by atoms with Gasteiger partial charge in [-0.1, -0.05) is 5.21 Å². The van der Waals surface area contributed by atoms with E-state index in [1.807, 2.05) is 12.1 Å². The molecule has 2 aromatic heterocycles. The van der Waals surface area contributed by atoms with Gasteiger partial charge in [-0.3, -0.25) is 9.89 Å². The largest absolute Gasteiger partial charge is 0.480 e. The highest BCUT2D eigenvalue weighted by Gasteiger charge is 2.55. The lowest BCUT2D eigenvalue weighted by atomic mass is 9.62. The molecule has 2 heterocycles. The van der Waals surface area contributed by atoms with Crippen LogP contribution in [0.5, 0.6) is 0 Å². The van der Waals surface area contributed by atoms with E-state index in [-0.39, 0.29) is 6.04 Å². The zero-order chi connectivity index (χ0) is 12.6. The summed E-state index contributed by atoms with van der Waals surface area (Å²) >= 11 is 0. The average molecular weight is 247 g/mol. The fourth-order valence-electron chi connectivity index (χ4n) is 2.52. The van der Waals surface area contributed by atoms with E-state index in [1.165, 1.54) is 0 Å². The molecule has 0 aliphatic heterocycles. The van der Waals surface area contributed by atoms with Crippen LogP contribution in [0.3, 0.4) is 0 Å². The van der Waals surface area contributed by atoms with Crippen LogP contribution < -0.4 is 5.32 Å². The second-order valence-electron chi connectivity index (χ2n) is 4.45. The molecule has 4 N–H and O–H groups in total. The van der Waals surface area contributed by atoms with E-state index in [9.17, 15) is 9.90 Å². The number of hydrogen-bond donors (Lipinski definition) is 4. The number of nitrogens with zero attached hydrogens (tertiary/aromatic N) is 2. The van der Waals surface area contributed by atoms with E-state index in [4.69, 9.17) is 0 Å². The Morgan fingerprint density at radius 1 is 1.61 bits per heavy atom. The van der Waals surface area contributed by atoms with Crippen molar-refractivity contribution in [2.75, 3.05) is 5.32 Å². The van der Waals surface area contributed by atoms with Gasteiger partial charge in [-0.05, 0) is 25.0 Å². The molecule has 0 bridgehead atoms. The van der Waals surface area contributed by atoms with Crippen molar-refractivity contribution in [1.29, 1.82) is 0 Å². The van der Waals surface area contributed by atoms with E-state index in [1.54, 1.807) is 12.4 Å². The van der Waals surface area contributed by atoms with Crippen molar-refractivity contribution < 1.29 is 9.90 Å². The molecule has 0 aromatic carbocycles. The van der Waals surface area contributed by atoms with E-state index in [0.717, 1.165) is 12.1 Å². The minimum Gasteiger partial charge on any atom is -0.480 e. The molecular formula is C11H13N5O2. The number of H-pyrrole nitrogens is 2. The van der Waals surface area contributed by atoms with Crippen molar-refractivity contribution in [3.8, 4) is 0 Å². The maximum absolute atomic E-state index is 11.6. The molecular weight excluding hydrogens is 234 g/mol. The third kappa shape index (κ3) is 1.40. The van der Waals surface area contributed by atoms with E-state index < -0.39 is 11.4 Å². The lowest BCUT2D eigenvalue weighted by Crippen LogP contribution is -2.58. The molecule has 18 heavy (non-hydrogen) atoms. The van der Waals surface area contributed by atoms with E-state index >= 15 is 0 Å². The molecule has 7 nitrogen and oxygen atoms in total. The number of aliphatic carboxylic acids is 1. The van der Waals surface area contributed by atoms with Gasteiger partial charge < -0.3 is 15.4 Å². The molecule has 1 saturated carbocycles. The second-order valence-corrected chi connectivity index (χ2v) is 4.45. The lowest BCUT2D eigenvalue weighted by Gasteiger charge is -2.45. The molecule has 7 heteroatoms. The third-order valence-corrected chi connectivity index (χ3v) is 3.62. The number of anilines is 1. The first-order valence-electron chi connectivity index (χ1n) is 5.74. The SMILES string of the molecule is O=C(O)C1(c2ccc[nH]2)CCC1Nc1c[nH]nn1. The minimum atomic E-state index is -0.900. The highest BCUT2D eigenvalue weighted by Crippen LogP contribution is 2.44. The molecule has 0 saturated heterocycles. The van der Waals surface area contributed by atoms with Gasteiger partial charge in [-0.15, -0.1) is 5.10 Å². The number of aromatic amines is 2. The predicted octanol–water partition coefficient (Wildman–Crippen LogP) is 0.730. The highest BCUT2D eigenvalue weighted by molar-refractivity contribution is 5.84. The number of rotatable bonds is 4. The molecule has 2 unspecified atom stereocenters. The Morgan fingerprint density at radius 3 is 3.00 bits per heavy atom. The van der Waals surface area contributed by atoms with Crippen molar-refractivity contribution in [3.63, 3.8) is 0 Å². The standard InChI is InChI=1S/C11H13N5O2/c17-10(18)11(7-2-1-5-12-7)4-3-8(11)14-9-6-13-16-15-9/h1-2,5-6,8,12H,3-4H2,(H,17,18)(H2,13,14,15,16). The summed E-state index contributed by atoms with van der Waals surface area (Å²) in [5, 5.41) is 22.7. The van der Waals surface area contributed by atoms with Crippen LogP contribution in [0.4, 0.5) is 5.82 Å². The minimum absolute atomic E-state index is 0.182. The van der Waals surface area contributed by atoms with Crippen molar-refractivity contribution in [2.24, 2.45) is 0 Å². The number of carboxylic acids is 1. The summed E-state index contributed by atoms with van der Waals surface area (Å²) in [5.74, 6) is -0.255. The second kappa shape index (κ2) is 3.86. The Morgan fingerprint density at radius 2 is 2.50 bits per heavy atom. The van der Waals surface area contributed by atoms with Gasteiger partial charge in [0.1, 0.15) is 5.41 Å². The first-order chi connectivity index (χ1) is 8.73. The average Bonchev–Trinajstić information content (AvgIpc) is 2.97. The first kappa shape index (κ1) is 10.8. The van der Waals surface area contributed by atoms with Crippen LogP contribution >= 0.6 is 0 Å². The third-order valence-electron chi connectivity index (χ3n) is 3.62. The van der Waals surface area contributed by atoms with Crippen LogP contribution in [-0.2, 0) is 10.2 Å². The maximum atomic E-state index is 11.6. The molecule has 1 fully saturated rings. The fraction of sp³-hybridized carbons (Fsp3) is 0.364. The van der Waals surface area contributed by atoms with Gasteiger partial charge in [0.25, 0.3) is 0 Å². The lowest BCUT2D eigenvalue weighted by molar-refractivity contribution is -0.148. The van der Waals surface area contributed by atoms with Crippen LogP contribution in [-0.4, -0.2) is 37.5 Å². The normalized spacial score (nSPS) is 26.6. The zero-order valence-electron chi connectivity index (χ0n) is 9.55. The topological polar surface area (TPSA) is 107 Å². The van der Waals surface area contributed by atoms with Gasteiger partial charge in [0.15, 0.2) is 5.82 Å². The molecule has 1 aliphatic carbocycles. The van der Waals surface area contributed by atoms with Gasteiger partial charge in [0.05, 0.1) is 6.20 Å². The van der Waals surface area contributed by atoms with Crippen LogP contribution in [0.2, 0.25) is 0 Å². The zero-order valence-corrected chi connectivity index (χ0v) is 9.55. The molecule has 3 rings (SSSR count). The number of carbonyl (C=O) groups is 1. The van der Waals surface area contributed by atoms with Gasteiger partial charge in [-0.2, -0.15) is 0 Å². The summed E-state index contributed by atoms with van der Waals surface area (Å²) in [6, 6.07) is 3.44. The van der Waals surface area contributed by atoms with E-state index in [2.05, 4.69) is 25.7 Å². The van der Waals surface area contributed by atoms with Gasteiger partial charge >= 0.3 is 5.97 Å². The molecule has 2 atom stereocenters. The molecule has 1 aliphatic rings. The smallest absolute Gasteiger partial charge is 0.317 e. The number of nitrogens with one attached hydrogen (secondary N) is 3. The highest BCUT2D eigenvalue weighted by atomic mass is 16.4. The summed E-state index contributed by atoms with van der Waals surface area (Å²) in [6.07, 6.45) is 4.75. The van der Waals surface area contributed by atoms with E-state index in [0.29, 0.717) is 12.2 Å². The number of hydrogen-bond acceptors (Lipinski definition) is 4. The Balaban J connectivity index is 1.89. The number of aromatic nitrogens is 4. The molecule has 0 radical (unpaired) electrons. The summed E-state index contributed by atoms with van der Waals surface area (Å²) in [6.45, 7) is 0. The summed E-state index contributed by atoms with van der Waals surface area (Å²) in [4.78, 5) is 14.6. The molecule has 94 valence electrons. The monoisotopic (exact) mass is 247 g/mol. The van der Waals surface area contributed by atoms with Gasteiger partial charge in [0, 0.05) is 17.9 Å². The van der Waals surface area contributed by atoms with Gasteiger partial charge in [-0.25, -0.2) is 0 Å². The number of carboxylic acid groups (broad SMARTS) is 1. The summed E-state index contributed by atoms with van der Waals surface area (Å²) < 4.78 is 0. The Labute approximate surface area is 103 Å². The van der Waals surface area contributed by atoms with Crippen molar-refractivity contribution in [2.45, 2.75) is 24.3 Å². The van der Waals surface area contributed by atoms with Gasteiger partial charge in [0.2, 0.25) is 0 Å². The van der Waals surface area contributed by atoms with Crippen molar-refractivity contribution in [1.82, 2.24) is 20.4 Å².